The number of carbonyl (C=O) groups is 6. The van der Waals surface area contributed by atoms with E-state index in [0.29, 0.717) is 38.6 Å². The van der Waals surface area contributed by atoms with Gasteiger partial charge in [-0.3, -0.25) is 24.0 Å². The van der Waals surface area contributed by atoms with Crippen molar-refractivity contribution in [3.05, 3.63) is 0 Å². The number of nitrogens with one attached hydrogen (secondary N) is 3. The third-order valence-corrected chi connectivity index (χ3v) is 6.94. The molecular weight excluding hydrogens is 512 g/mol. The molecule has 0 saturated carbocycles. The van der Waals surface area contributed by atoms with Crippen LogP contribution in [0.2, 0.25) is 0 Å². The first-order valence-electron chi connectivity index (χ1n) is 13.4. The molecule has 0 aromatic carbocycles. The summed E-state index contributed by atoms with van der Waals surface area (Å²) >= 11 is 0. The third-order valence-electron chi connectivity index (χ3n) is 6.94. The van der Waals surface area contributed by atoms with E-state index in [2.05, 4.69) is 16.0 Å². The van der Waals surface area contributed by atoms with Gasteiger partial charge in [0.05, 0.1) is 18.7 Å². The number of nitrogens with two attached hydrogens (primary N) is 1. The van der Waals surface area contributed by atoms with E-state index < -0.39 is 72.5 Å². The molecule has 7 N–H and O–H groups in total. The van der Waals surface area contributed by atoms with Crippen molar-refractivity contribution in [1.82, 2.24) is 25.8 Å². The summed E-state index contributed by atoms with van der Waals surface area (Å²) in [5.74, 6) is -3.82. The van der Waals surface area contributed by atoms with Crippen LogP contribution in [0.3, 0.4) is 0 Å². The van der Waals surface area contributed by atoms with Gasteiger partial charge in [0.15, 0.2) is 6.04 Å². The number of hydrogen-bond donors (Lipinski definition) is 6. The molecule has 2 aliphatic rings. The Hall–Kier alpha value is -3.26. The highest BCUT2D eigenvalue weighted by Gasteiger charge is 2.40. The summed E-state index contributed by atoms with van der Waals surface area (Å²) in [7, 11) is 0. The SMILES string of the molecule is CC(C)C[C@H](N)C(=O)N1CCC[C@H]1C(=O)N[C@@H](C)C(=O)N1CCC[C@H]1C(=O)NCC(=O)N[C@H](C(=O)O)[C@@H](C)O. The van der Waals surface area contributed by atoms with Gasteiger partial charge in [-0.1, -0.05) is 13.8 Å². The molecule has 2 heterocycles. The van der Waals surface area contributed by atoms with Crippen LogP contribution in [0.4, 0.5) is 0 Å². The number of rotatable bonds is 12. The van der Waals surface area contributed by atoms with Crippen molar-refractivity contribution >= 4 is 35.5 Å². The van der Waals surface area contributed by atoms with E-state index in [1.807, 2.05) is 13.8 Å². The highest BCUT2D eigenvalue weighted by atomic mass is 16.4. The summed E-state index contributed by atoms with van der Waals surface area (Å²) in [6.45, 7) is 6.80. The molecule has 2 saturated heterocycles. The van der Waals surface area contributed by atoms with Crippen molar-refractivity contribution < 1.29 is 39.0 Å². The summed E-state index contributed by atoms with van der Waals surface area (Å²) in [5.41, 5.74) is 6.05. The van der Waals surface area contributed by atoms with Crippen LogP contribution in [0.1, 0.15) is 59.8 Å². The van der Waals surface area contributed by atoms with E-state index in [0.717, 1.165) is 0 Å². The fraction of sp³-hybridized carbons (Fsp3) is 0.760. The number of aliphatic hydroxyl groups is 1. The second-order valence-corrected chi connectivity index (χ2v) is 10.7. The summed E-state index contributed by atoms with van der Waals surface area (Å²) in [6, 6.07) is -4.78. The number of aliphatic carboxylic acids is 1. The van der Waals surface area contributed by atoms with E-state index in [1.54, 1.807) is 0 Å². The van der Waals surface area contributed by atoms with E-state index >= 15 is 0 Å². The topological polar surface area (TPSA) is 211 Å². The Bertz CT molecular complexity index is 942. The van der Waals surface area contributed by atoms with Crippen molar-refractivity contribution in [2.75, 3.05) is 19.6 Å². The van der Waals surface area contributed by atoms with Gasteiger partial charge in [0.2, 0.25) is 29.5 Å². The van der Waals surface area contributed by atoms with Crippen molar-refractivity contribution in [3.8, 4) is 0 Å². The Balaban J connectivity index is 1.93. The molecule has 39 heavy (non-hydrogen) atoms. The van der Waals surface area contributed by atoms with Gasteiger partial charge in [-0.25, -0.2) is 4.79 Å². The van der Waals surface area contributed by atoms with Crippen LogP contribution < -0.4 is 21.7 Å². The number of carbonyl (C=O) groups excluding carboxylic acids is 5. The smallest absolute Gasteiger partial charge is 0.328 e. The lowest BCUT2D eigenvalue weighted by Gasteiger charge is -2.30. The number of likely N-dealkylation sites (tertiary alicyclic amines) is 2. The van der Waals surface area contributed by atoms with Crippen LogP contribution in [-0.4, -0.2) is 111 Å². The Labute approximate surface area is 228 Å². The van der Waals surface area contributed by atoms with Gasteiger partial charge in [0.1, 0.15) is 18.1 Å². The molecule has 6 atom stereocenters. The molecule has 0 aliphatic carbocycles. The normalized spacial score (nSPS) is 22.1. The summed E-state index contributed by atoms with van der Waals surface area (Å²) < 4.78 is 0. The van der Waals surface area contributed by atoms with Crippen molar-refractivity contribution in [1.29, 1.82) is 0 Å². The maximum Gasteiger partial charge on any atom is 0.328 e. The van der Waals surface area contributed by atoms with E-state index in [9.17, 15) is 33.9 Å². The average Bonchev–Trinajstić information content (AvgIpc) is 3.54. The quantitative estimate of drug-likeness (QED) is 0.156. The standard InChI is InChI=1S/C25H42N6O8/c1-13(2)11-16(26)24(37)31-10-6-8-18(31)22(35)28-14(3)23(36)30-9-5-7-17(30)21(34)27-12-19(33)29-20(15(4)32)25(38)39/h13-18,20,32H,5-12,26H2,1-4H3,(H,27,34)(H,28,35)(H,29,33)(H,38,39)/t14-,15+,16-,17-,18-,20-/m0/s1. The minimum Gasteiger partial charge on any atom is -0.480 e. The Morgan fingerprint density at radius 2 is 1.41 bits per heavy atom. The first kappa shape index (κ1) is 32.0. The van der Waals surface area contributed by atoms with E-state index in [1.165, 1.54) is 23.6 Å². The number of aliphatic hydroxyl groups excluding tert-OH is 1. The van der Waals surface area contributed by atoms with Gasteiger partial charge >= 0.3 is 5.97 Å². The van der Waals surface area contributed by atoms with Gasteiger partial charge < -0.3 is 41.7 Å². The van der Waals surface area contributed by atoms with Gasteiger partial charge in [-0.05, 0) is 51.9 Å². The predicted molar refractivity (Wildman–Crippen MR) is 139 cm³/mol. The zero-order valence-corrected chi connectivity index (χ0v) is 23.0. The highest BCUT2D eigenvalue weighted by molar-refractivity contribution is 5.96. The molecule has 0 spiro atoms. The first-order valence-corrected chi connectivity index (χ1v) is 13.4. The number of carboxylic acid groups (broad SMARTS) is 1. The van der Waals surface area contributed by atoms with Crippen LogP contribution >= 0.6 is 0 Å². The molecule has 2 aliphatic heterocycles. The summed E-state index contributed by atoms with van der Waals surface area (Å²) in [4.78, 5) is 77.7. The van der Waals surface area contributed by atoms with Gasteiger partial charge in [-0.2, -0.15) is 0 Å². The number of hydrogen-bond acceptors (Lipinski definition) is 8. The molecular formula is C25H42N6O8. The largest absolute Gasteiger partial charge is 0.480 e. The zero-order valence-electron chi connectivity index (χ0n) is 23.0. The fourth-order valence-electron chi connectivity index (χ4n) is 4.95. The second-order valence-electron chi connectivity index (χ2n) is 10.7. The number of carboxylic acids is 1. The second kappa shape index (κ2) is 14.2. The van der Waals surface area contributed by atoms with Crippen LogP contribution in [0.5, 0.6) is 0 Å². The fourth-order valence-corrected chi connectivity index (χ4v) is 4.95. The lowest BCUT2D eigenvalue weighted by atomic mass is 10.0. The van der Waals surface area contributed by atoms with Gasteiger partial charge in [-0.15, -0.1) is 0 Å². The van der Waals surface area contributed by atoms with Crippen molar-refractivity contribution in [2.24, 2.45) is 11.7 Å². The summed E-state index contributed by atoms with van der Waals surface area (Å²) in [6.07, 6.45) is 1.16. The number of nitrogens with zero attached hydrogens (tertiary/aromatic N) is 2. The monoisotopic (exact) mass is 554 g/mol. The lowest BCUT2D eigenvalue weighted by molar-refractivity contribution is -0.145. The van der Waals surface area contributed by atoms with E-state index in [-0.39, 0.29) is 18.4 Å². The van der Waals surface area contributed by atoms with Crippen molar-refractivity contribution in [2.45, 2.75) is 96.1 Å². The highest BCUT2D eigenvalue weighted by Crippen LogP contribution is 2.21. The van der Waals surface area contributed by atoms with E-state index in [4.69, 9.17) is 10.8 Å². The molecule has 0 bridgehead atoms. The first-order chi connectivity index (χ1) is 18.2. The molecule has 14 heteroatoms. The van der Waals surface area contributed by atoms with Crippen LogP contribution in [0.15, 0.2) is 0 Å². The Morgan fingerprint density at radius 1 is 0.872 bits per heavy atom. The molecule has 5 amide bonds. The van der Waals surface area contributed by atoms with Gasteiger partial charge in [0.25, 0.3) is 0 Å². The maximum atomic E-state index is 13.1. The summed E-state index contributed by atoms with van der Waals surface area (Å²) in [5, 5.41) is 25.7. The molecule has 2 rings (SSSR count). The van der Waals surface area contributed by atoms with Crippen LogP contribution in [0.25, 0.3) is 0 Å². The zero-order chi connectivity index (χ0) is 29.4. The molecule has 220 valence electrons. The molecule has 0 unspecified atom stereocenters. The average molecular weight is 555 g/mol. The van der Waals surface area contributed by atoms with Crippen LogP contribution in [-0.2, 0) is 28.8 Å². The lowest BCUT2D eigenvalue weighted by Crippen LogP contribution is -2.57. The van der Waals surface area contributed by atoms with Crippen molar-refractivity contribution in [3.63, 3.8) is 0 Å². The maximum absolute atomic E-state index is 13.1. The minimum atomic E-state index is -1.53. The number of amides is 5. The van der Waals surface area contributed by atoms with Gasteiger partial charge in [0, 0.05) is 13.1 Å². The Kier molecular flexibility index (Phi) is 11.6. The minimum absolute atomic E-state index is 0.224. The molecule has 14 nitrogen and oxygen atoms in total. The molecule has 0 aromatic heterocycles. The predicted octanol–water partition coefficient (Wildman–Crippen LogP) is -2.09. The Morgan fingerprint density at radius 3 is 1.92 bits per heavy atom. The molecule has 0 aromatic rings. The molecule has 0 radical (unpaired) electrons. The molecule has 2 fully saturated rings. The third kappa shape index (κ3) is 8.62. The van der Waals surface area contributed by atoms with Crippen LogP contribution in [0, 0.1) is 5.92 Å².